The SMILES string of the molecule is CC1CC(O)CN1CCCCCO.CCCCCCCCC(CCCCCCCC)C(=O)OCCCCCCCOC=O. The molecule has 0 amide bonds. The zero-order valence-electron chi connectivity index (χ0n) is 28.6. The van der Waals surface area contributed by atoms with E-state index in [1.807, 2.05) is 0 Å². The van der Waals surface area contributed by atoms with Crippen molar-refractivity contribution in [2.24, 2.45) is 5.92 Å². The van der Waals surface area contributed by atoms with Crippen LogP contribution in [0.2, 0.25) is 0 Å². The lowest BCUT2D eigenvalue weighted by atomic mass is 9.94. The van der Waals surface area contributed by atoms with Crippen LogP contribution in [0.25, 0.3) is 0 Å². The molecule has 0 bridgehead atoms. The van der Waals surface area contributed by atoms with Crippen molar-refractivity contribution in [3.8, 4) is 0 Å². The van der Waals surface area contributed by atoms with E-state index in [-0.39, 0.29) is 18.0 Å². The molecule has 2 unspecified atom stereocenters. The van der Waals surface area contributed by atoms with Crippen LogP contribution in [-0.2, 0) is 19.1 Å². The molecule has 256 valence electrons. The van der Waals surface area contributed by atoms with Crippen LogP contribution in [0.1, 0.15) is 168 Å². The van der Waals surface area contributed by atoms with Crippen molar-refractivity contribution in [3.05, 3.63) is 0 Å². The van der Waals surface area contributed by atoms with Gasteiger partial charge in [0.05, 0.1) is 25.2 Å². The van der Waals surface area contributed by atoms with Crippen LogP contribution in [0.4, 0.5) is 0 Å². The van der Waals surface area contributed by atoms with Crippen molar-refractivity contribution >= 4 is 12.4 Å². The monoisotopic (exact) mass is 614 g/mol. The highest BCUT2D eigenvalue weighted by atomic mass is 16.5. The number of rotatable bonds is 29. The third-order valence-corrected chi connectivity index (χ3v) is 8.65. The summed E-state index contributed by atoms with van der Waals surface area (Å²) in [5, 5.41) is 18.0. The van der Waals surface area contributed by atoms with E-state index in [0.717, 1.165) is 96.6 Å². The third kappa shape index (κ3) is 26.9. The van der Waals surface area contributed by atoms with Gasteiger partial charge in [-0.3, -0.25) is 14.5 Å². The number of β-amino-alcohol motifs (C(OH)–C–C–N with tert-alkyl or cyclic N) is 1. The van der Waals surface area contributed by atoms with E-state index in [1.165, 1.54) is 64.2 Å². The van der Waals surface area contributed by atoms with Crippen LogP contribution in [0.15, 0.2) is 0 Å². The van der Waals surface area contributed by atoms with E-state index in [4.69, 9.17) is 9.84 Å². The van der Waals surface area contributed by atoms with E-state index in [0.29, 0.717) is 32.3 Å². The van der Waals surface area contributed by atoms with Gasteiger partial charge in [-0.2, -0.15) is 0 Å². The first-order chi connectivity index (χ1) is 21.0. The minimum Gasteiger partial charge on any atom is -0.468 e. The molecule has 43 heavy (non-hydrogen) atoms. The van der Waals surface area contributed by atoms with Crippen molar-refractivity contribution < 1.29 is 29.3 Å². The fraction of sp³-hybridized carbons (Fsp3) is 0.944. The first-order valence-electron chi connectivity index (χ1n) is 18.2. The molecule has 0 aliphatic carbocycles. The Hall–Kier alpha value is -1.18. The molecule has 0 aromatic rings. The van der Waals surface area contributed by atoms with Gasteiger partial charge in [0.1, 0.15) is 0 Å². The lowest BCUT2D eigenvalue weighted by Gasteiger charge is -2.20. The zero-order chi connectivity index (χ0) is 31.8. The quantitative estimate of drug-likeness (QED) is 0.0497. The van der Waals surface area contributed by atoms with Crippen LogP contribution in [0.5, 0.6) is 0 Å². The molecule has 1 rings (SSSR count). The van der Waals surface area contributed by atoms with E-state index in [2.05, 4.69) is 30.4 Å². The number of unbranched alkanes of at least 4 members (excludes halogenated alkanes) is 16. The lowest BCUT2D eigenvalue weighted by Crippen LogP contribution is -2.28. The van der Waals surface area contributed by atoms with Crippen molar-refractivity contribution in [2.75, 3.05) is 32.9 Å². The minimum atomic E-state index is -0.118. The summed E-state index contributed by atoms with van der Waals surface area (Å²) in [6.45, 7) is 10.4. The smallest absolute Gasteiger partial charge is 0.308 e. The van der Waals surface area contributed by atoms with E-state index in [9.17, 15) is 14.7 Å². The van der Waals surface area contributed by atoms with Crippen molar-refractivity contribution in [2.45, 2.75) is 181 Å². The maximum Gasteiger partial charge on any atom is 0.308 e. The normalized spacial score (nSPS) is 16.7. The number of ether oxygens (including phenoxy) is 2. The molecule has 1 aliphatic rings. The molecule has 0 radical (unpaired) electrons. The molecular weight excluding hydrogens is 542 g/mol. The molecule has 1 saturated heterocycles. The second kappa shape index (κ2) is 32.2. The molecule has 1 fully saturated rings. The zero-order valence-corrected chi connectivity index (χ0v) is 28.6. The largest absolute Gasteiger partial charge is 0.468 e. The molecule has 0 aromatic heterocycles. The fourth-order valence-corrected chi connectivity index (χ4v) is 5.86. The molecule has 7 nitrogen and oxygen atoms in total. The average Bonchev–Trinajstić information content (AvgIpc) is 3.33. The maximum absolute atomic E-state index is 12.6. The summed E-state index contributed by atoms with van der Waals surface area (Å²) >= 11 is 0. The van der Waals surface area contributed by atoms with Gasteiger partial charge >= 0.3 is 5.97 Å². The number of carbonyl (C=O) groups is 2. The molecule has 0 aromatic carbocycles. The molecule has 7 heteroatoms. The van der Waals surface area contributed by atoms with E-state index >= 15 is 0 Å². The Morgan fingerprint density at radius 1 is 0.767 bits per heavy atom. The summed E-state index contributed by atoms with van der Waals surface area (Å²) < 4.78 is 10.3. The van der Waals surface area contributed by atoms with Gasteiger partial charge in [0.15, 0.2) is 0 Å². The molecule has 2 N–H and O–H groups in total. The number of aliphatic hydroxyl groups is 2. The summed E-state index contributed by atoms with van der Waals surface area (Å²) in [5.41, 5.74) is 0. The second-order valence-electron chi connectivity index (χ2n) is 12.7. The number of esters is 1. The van der Waals surface area contributed by atoms with Crippen LogP contribution in [0.3, 0.4) is 0 Å². The Bertz CT molecular complexity index is 588. The highest BCUT2D eigenvalue weighted by Gasteiger charge is 2.26. The van der Waals surface area contributed by atoms with Crippen LogP contribution >= 0.6 is 0 Å². The summed E-state index contributed by atoms with van der Waals surface area (Å²) in [7, 11) is 0. The molecule has 1 aliphatic heterocycles. The van der Waals surface area contributed by atoms with Gasteiger partial charge < -0.3 is 19.7 Å². The number of nitrogens with zero attached hydrogens (tertiary/aromatic N) is 1. The maximum atomic E-state index is 12.6. The number of hydrogen-bond donors (Lipinski definition) is 2. The van der Waals surface area contributed by atoms with Crippen molar-refractivity contribution in [1.29, 1.82) is 0 Å². The van der Waals surface area contributed by atoms with Gasteiger partial charge in [0.25, 0.3) is 6.47 Å². The fourth-order valence-electron chi connectivity index (χ4n) is 5.86. The van der Waals surface area contributed by atoms with Gasteiger partial charge in [-0.15, -0.1) is 0 Å². The van der Waals surface area contributed by atoms with Crippen LogP contribution < -0.4 is 0 Å². The topological polar surface area (TPSA) is 96.3 Å². The predicted octanol–water partition coefficient (Wildman–Crippen LogP) is 8.37. The number of likely N-dealkylation sites (tertiary alicyclic amines) is 1. The molecule has 2 atom stereocenters. The molecule has 1 heterocycles. The summed E-state index contributed by atoms with van der Waals surface area (Å²) in [6, 6.07) is 0.532. The lowest BCUT2D eigenvalue weighted by molar-refractivity contribution is -0.149. The highest BCUT2D eigenvalue weighted by Crippen LogP contribution is 2.21. The molecular formula is C36H71NO6. The van der Waals surface area contributed by atoms with Gasteiger partial charge in [-0.25, -0.2) is 0 Å². The standard InChI is InChI=1S/C26H50O4.C10H21NO2/c1-3-5-7-9-12-16-20-25(21-17-13-10-8-6-4-2)26(28)30-23-19-15-11-14-18-22-29-24-27;1-9-7-10(13)8-11(9)5-3-2-4-6-12/h24-25H,3-23H2,1-2H3;9-10,12-13H,2-8H2,1H3. The van der Waals surface area contributed by atoms with Crippen LogP contribution in [0, 0.1) is 5.92 Å². The van der Waals surface area contributed by atoms with Crippen molar-refractivity contribution in [3.63, 3.8) is 0 Å². The van der Waals surface area contributed by atoms with Crippen LogP contribution in [-0.4, -0.2) is 72.6 Å². The van der Waals surface area contributed by atoms with E-state index in [1.54, 1.807) is 0 Å². The second-order valence-corrected chi connectivity index (χ2v) is 12.7. The summed E-state index contributed by atoms with van der Waals surface area (Å²) in [5.74, 6) is 0.138. The number of aliphatic hydroxyl groups excluding tert-OH is 2. The predicted molar refractivity (Wildman–Crippen MR) is 178 cm³/mol. The minimum absolute atomic E-state index is 0.0384. The highest BCUT2D eigenvalue weighted by molar-refractivity contribution is 5.72. The Morgan fingerprint density at radius 3 is 1.79 bits per heavy atom. The number of hydrogen-bond acceptors (Lipinski definition) is 7. The first kappa shape index (κ1) is 41.8. The molecule has 0 saturated carbocycles. The Morgan fingerprint density at radius 2 is 1.28 bits per heavy atom. The van der Waals surface area contributed by atoms with Gasteiger partial charge in [-0.1, -0.05) is 110 Å². The summed E-state index contributed by atoms with van der Waals surface area (Å²) in [4.78, 5) is 25.0. The van der Waals surface area contributed by atoms with Gasteiger partial charge in [0, 0.05) is 19.2 Å². The van der Waals surface area contributed by atoms with Gasteiger partial charge in [-0.05, 0) is 64.8 Å². The first-order valence-corrected chi connectivity index (χ1v) is 18.2. The third-order valence-electron chi connectivity index (χ3n) is 8.65. The van der Waals surface area contributed by atoms with E-state index < -0.39 is 0 Å². The number of carbonyl (C=O) groups excluding carboxylic acids is 2. The van der Waals surface area contributed by atoms with Gasteiger partial charge in [0.2, 0.25) is 0 Å². The Kier molecular flexibility index (Phi) is 31.3. The van der Waals surface area contributed by atoms with Crippen molar-refractivity contribution in [1.82, 2.24) is 4.90 Å². The molecule has 0 spiro atoms. The Labute approximate surface area is 265 Å². The Balaban J connectivity index is 0.00000112. The summed E-state index contributed by atoms with van der Waals surface area (Å²) in [6.07, 6.45) is 26.2. The average molecular weight is 614 g/mol.